The molecule has 4 nitrogen and oxygen atoms in total. The van der Waals surface area contributed by atoms with Gasteiger partial charge in [-0.3, -0.25) is 4.98 Å². The van der Waals surface area contributed by atoms with Crippen LogP contribution >= 0.6 is 0 Å². The molecule has 0 unspecified atom stereocenters. The van der Waals surface area contributed by atoms with Gasteiger partial charge in [0.1, 0.15) is 5.69 Å². The maximum atomic E-state index is 11.2. The lowest BCUT2D eigenvalue weighted by molar-refractivity contribution is 0.0691. The summed E-state index contributed by atoms with van der Waals surface area (Å²) >= 11 is 0. The van der Waals surface area contributed by atoms with E-state index in [2.05, 4.69) is 9.97 Å². The minimum absolute atomic E-state index is 0.0394. The minimum atomic E-state index is -1.03. The van der Waals surface area contributed by atoms with Gasteiger partial charge in [-0.25, -0.2) is 9.78 Å². The van der Waals surface area contributed by atoms with E-state index in [1.54, 1.807) is 18.5 Å². The third kappa shape index (κ3) is 2.04. The average molecular weight is 250 g/mol. The summed E-state index contributed by atoms with van der Waals surface area (Å²) in [6.07, 6.45) is 3.40. The highest BCUT2D eigenvalue weighted by Crippen LogP contribution is 2.27. The topological polar surface area (TPSA) is 63.1 Å². The van der Waals surface area contributed by atoms with Gasteiger partial charge in [-0.1, -0.05) is 24.3 Å². The average Bonchev–Trinajstić information content (AvgIpc) is 2.47. The van der Waals surface area contributed by atoms with Gasteiger partial charge in [0, 0.05) is 23.3 Å². The van der Waals surface area contributed by atoms with Crippen LogP contribution in [0, 0.1) is 0 Å². The predicted molar refractivity (Wildman–Crippen MR) is 71.9 cm³/mol. The maximum Gasteiger partial charge on any atom is 0.354 e. The van der Waals surface area contributed by atoms with E-state index < -0.39 is 5.97 Å². The van der Waals surface area contributed by atoms with Crippen molar-refractivity contribution in [1.82, 2.24) is 9.97 Å². The first kappa shape index (κ1) is 11.3. The summed E-state index contributed by atoms with van der Waals surface area (Å²) in [5, 5.41) is 10.1. The highest BCUT2D eigenvalue weighted by atomic mass is 16.4. The molecular weight excluding hydrogens is 240 g/mol. The highest BCUT2D eigenvalue weighted by molar-refractivity contribution is 5.98. The fourth-order valence-electron chi connectivity index (χ4n) is 2.05. The third-order valence-electron chi connectivity index (χ3n) is 2.91. The first-order valence-corrected chi connectivity index (χ1v) is 5.79. The number of carboxylic acids is 1. The Kier molecular flexibility index (Phi) is 2.68. The van der Waals surface area contributed by atoms with Gasteiger partial charge in [-0.05, 0) is 23.8 Å². The molecule has 1 N–H and O–H groups in total. The summed E-state index contributed by atoms with van der Waals surface area (Å²) in [5.74, 6) is -1.03. The molecule has 0 amide bonds. The van der Waals surface area contributed by atoms with Crippen LogP contribution in [-0.4, -0.2) is 21.0 Å². The zero-order valence-corrected chi connectivity index (χ0v) is 9.95. The van der Waals surface area contributed by atoms with Gasteiger partial charge >= 0.3 is 5.97 Å². The van der Waals surface area contributed by atoms with Gasteiger partial charge in [-0.2, -0.15) is 0 Å². The Morgan fingerprint density at radius 2 is 1.95 bits per heavy atom. The van der Waals surface area contributed by atoms with Crippen molar-refractivity contribution < 1.29 is 9.90 Å². The molecule has 4 heteroatoms. The van der Waals surface area contributed by atoms with Crippen LogP contribution in [0.25, 0.3) is 22.0 Å². The lowest BCUT2D eigenvalue weighted by Crippen LogP contribution is -2.01. The van der Waals surface area contributed by atoms with Crippen molar-refractivity contribution in [2.45, 2.75) is 0 Å². The normalized spacial score (nSPS) is 10.5. The van der Waals surface area contributed by atoms with Gasteiger partial charge in [0.15, 0.2) is 0 Å². The van der Waals surface area contributed by atoms with Gasteiger partial charge in [0.05, 0.1) is 5.52 Å². The Morgan fingerprint density at radius 1 is 1.11 bits per heavy atom. The van der Waals surface area contributed by atoms with Crippen molar-refractivity contribution in [2.75, 3.05) is 0 Å². The Balaban J connectivity index is 2.36. The monoisotopic (exact) mass is 250 g/mol. The summed E-state index contributed by atoms with van der Waals surface area (Å²) in [5.41, 5.74) is 2.42. The number of hydrogen-bond acceptors (Lipinski definition) is 3. The molecule has 0 aliphatic heterocycles. The SMILES string of the molecule is O=C(O)c1cc(-c2cccnc2)c2ccccc2n1. The van der Waals surface area contributed by atoms with Crippen LogP contribution < -0.4 is 0 Å². The zero-order chi connectivity index (χ0) is 13.2. The number of fused-ring (bicyclic) bond motifs is 1. The molecule has 1 aromatic carbocycles. The molecule has 3 aromatic rings. The number of aromatic nitrogens is 2. The summed E-state index contributed by atoms with van der Waals surface area (Å²) in [7, 11) is 0. The molecule has 0 radical (unpaired) electrons. The number of benzene rings is 1. The second kappa shape index (κ2) is 4.49. The molecule has 3 rings (SSSR count). The molecule has 0 aliphatic carbocycles. The molecule has 2 aromatic heterocycles. The lowest BCUT2D eigenvalue weighted by Gasteiger charge is -2.07. The van der Waals surface area contributed by atoms with Gasteiger partial charge in [-0.15, -0.1) is 0 Å². The largest absolute Gasteiger partial charge is 0.477 e. The van der Waals surface area contributed by atoms with Crippen LogP contribution in [0.3, 0.4) is 0 Å². The summed E-state index contributed by atoms with van der Waals surface area (Å²) in [6, 6.07) is 12.8. The van der Waals surface area contributed by atoms with Crippen molar-refractivity contribution >= 4 is 16.9 Å². The second-order valence-electron chi connectivity index (χ2n) is 4.12. The Hall–Kier alpha value is -2.75. The number of rotatable bonds is 2. The summed E-state index contributed by atoms with van der Waals surface area (Å²) in [6.45, 7) is 0. The number of carbonyl (C=O) groups is 1. The molecule has 0 aliphatic rings. The predicted octanol–water partition coefficient (Wildman–Crippen LogP) is 3.00. The quantitative estimate of drug-likeness (QED) is 0.759. The van der Waals surface area contributed by atoms with Gasteiger partial charge in [0.2, 0.25) is 0 Å². The number of carboxylic acid groups (broad SMARTS) is 1. The van der Waals surface area contributed by atoms with Crippen molar-refractivity contribution in [3.8, 4) is 11.1 Å². The fourth-order valence-corrected chi connectivity index (χ4v) is 2.05. The van der Waals surface area contributed by atoms with Crippen LogP contribution in [-0.2, 0) is 0 Å². The van der Waals surface area contributed by atoms with Crippen LogP contribution in [0.15, 0.2) is 54.9 Å². The molecule has 0 bridgehead atoms. The molecule has 92 valence electrons. The molecule has 0 saturated carbocycles. The minimum Gasteiger partial charge on any atom is -0.477 e. The number of para-hydroxylation sites is 1. The molecule has 0 atom stereocenters. The Bertz CT molecular complexity index is 754. The summed E-state index contributed by atoms with van der Waals surface area (Å²) in [4.78, 5) is 19.4. The van der Waals surface area contributed by atoms with Crippen LogP contribution in [0.1, 0.15) is 10.5 Å². The third-order valence-corrected chi connectivity index (χ3v) is 2.91. The maximum absolute atomic E-state index is 11.2. The van der Waals surface area contributed by atoms with Gasteiger partial charge in [0.25, 0.3) is 0 Å². The van der Waals surface area contributed by atoms with Crippen molar-refractivity contribution in [3.05, 3.63) is 60.6 Å². The number of nitrogens with zero attached hydrogens (tertiary/aromatic N) is 2. The smallest absolute Gasteiger partial charge is 0.354 e. The number of pyridine rings is 2. The van der Waals surface area contributed by atoms with E-state index in [4.69, 9.17) is 5.11 Å². The lowest BCUT2D eigenvalue weighted by atomic mass is 10.0. The first-order chi connectivity index (χ1) is 9.25. The molecule has 2 heterocycles. The van der Waals surface area contributed by atoms with E-state index in [0.717, 1.165) is 16.5 Å². The molecule has 0 saturated heterocycles. The highest BCUT2D eigenvalue weighted by Gasteiger charge is 2.11. The van der Waals surface area contributed by atoms with E-state index in [1.165, 1.54) is 0 Å². The van der Waals surface area contributed by atoms with E-state index in [-0.39, 0.29) is 5.69 Å². The first-order valence-electron chi connectivity index (χ1n) is 5.79. The van der Waals surface area contributed by atoms with Crippen LogP contribution in [0.2, 0.25) is 0 Å². The van der Waals surface area contributed by atoms with Crippen LogP contribution in [0.4, 0.5) is 0 Å². The van der Waals surface area contributed by atoms with Crippen molar-refractivity contribution in [3.63, 3.8) is 0 Å². The fraction of sp³-hybridized carbons (Fsp3) is 0. The molecule has 19 heavy (non-hydrogen) atoms. The number of hydrogen-bond donors (Lipinski definition) is 1. The molecule has 0 spiro atoms. The second-order valence-corrected chi connectivity index (χ2v) is 4.12. The van der Waals surface area contributed by atoms with E-state index >= 15 is 0 Å². The van der Waals surface area contributed by atoms with Crippen LogP contribution in [0.5, 0.6) is 0 Å². The molecular formula is C15H10N2O2. The van der Waals surface area contributed by atoms with Crippen molar-refractivity contribution in [1.29, 1.82) is 0 Å². The standard InChI is InChI=1S/C15H10N2O2/c18-15(19)14-8-12(10-4-3-7-16-9-10)11-5-1-2-6-13(11)17-14/h1-9H,(H,18,19). The number of aromatic carboxylic acids is 1. The van der Waals surface area contributed by atoms with E-state index in [1.807, 2.05) is 36.4 Å². The van der Waals surface area contributed by atoms with Gasteiger partial charge < -0.3 is 5.11 Å². The Labute approximate surface area is 109 Å². The summed E-state index contributed by atoms with van der Waals surface area (Å²) < 4.78 is 0. The zero-order valence-electron chi connectivity index (χ0n) is 9.95. The Morgan fingerprint density at radius 3 is 2.68 bits per heavy atom. The van der Waals surface area contributed by atoms with Crippen molar-refractivity contribution in [2.24, 2.45) is 0 Å². The molecule has 0 fully saturated rings. The van der Waals surface area contributed by atoms with E-state index in [0.29, 0.717) is 5.52 Å². The van der Waals surface area contributed by atoms with E-state index in [9.17, 15) is 4.79 Å².